The van der Waals surface area contributed by atoms with Crippen molar-refractivity contribution in [3.05, 3.63) is 92.2 Å². The van der Waals surface area contributed by atoms with E-state index in [9.17, 15) is 4.79 Å². The fourth-order valence-electron chi connectivity index (χ4n) is 2.85. The molecule has 2 aromatic carbocycles. The molecule has 1 aromatic heterocycles. The summed E-state index contributed by atoms with van der Waals surface area (Å²) in [6.45, 7) is 2.02. The van der Waals surface area contributed by atoms with Crippen LogP contribution in [0.1, 0.15) is 16.0 Å². The van der Waals surface area contributed by atoms with E-state index in [4.69, 9.17) is 4.99 Å². The first-order chi connectivity index (χ1) is 12.6. The summed E-state index contributed by atoms with van der Waals surface area (Å²) in [5.41, 5.74) is 3.24. The number of carbonyl (C=O) groups is 1. The minimum absolute atomic E-state index is 0.116. The molecule has 3 nitrogen and oxygen atoms in total. The van der Waals surface area contributed by atoms with E-state index in [-0.39, 0.29) is 5.91 Å². The van der Waals surface area contributed by atoms with E-state index in [1.807, 2.05) is 79.0 Å². The summed E-state index contributed by atoms with van der Waals surface area (Å²) < 4.78 is 0.904. The van der Waals surface area contributed by atoms with Crippen LogP contribution in [-0.2, 0) is 4.79 Å². The van der Waals surface area contributed by atoms with E-state index in [0.29, 0.717) is 11.5 Å². The van der Waals surface area contributed by atoms with Crippen LogP contribution in [0, 0.1) is 6.92 Å². The van der Waals surface area contributed by atoms with Crippen molar-refractivity contribution in [1.82, 2.24) is 0 Å². The Bertz CT molecular complexity index is 1040. The van der Waals surface area contributed by atoms with Gasteiger partial charge in [-0.1, -0.05) is 52.3 Å². The average molecular weight is 423 g/mol. The molecule has 1 aliphatic rings. The molecule has 4 rings (SSSR count). The van der Waals surface area contributed by atoms with Crippen molar-refractivity contribution in [2.45, 2.75) is 6.92 Å². The molecule has 2 heterocycles. The molecule has 0 N–H and O–H groups in total. The smallest absolute Gasteiger partial charge is 0.266 e. The molecule has 0 atom stereocenters. The van der Waals surface area contributed by atoms with Crippen molar-refractivity contribution in [1.29, 1.82) is 0 Å². The molecule has 1 amide bonds. The van der Waals surface area contributed by atoms with Crippen molar-refractivity contribution in [3.63, 3.8) is 0 Å². The number of nitrogens with zero attached hydrogens (tertiary/aromatic N) is 2. The van der Waals surface area contributed by atoms with Gasteiger partial charge in [0.05, 0.1) is 5.69 Å². The van der Waals surface area contributed by atoms with Crippen molar-refractivity contribution < 1.29 is 4.79 Å². The number of aliphatic imine (C=N–C) groups is 1. The lowest BCUT2D eigenvalue weighted by Crippen LogP contribution is -2.32. The summed E-state index contributed by atoms with van der Waals surface area (Å²) in [6, 6.07) is 19.7. The lowest BCUT2D eigenvalue weighted by Gasteiger charge is -2.19. The quantitative estimate of drug-likeness (QED) is 0.501. The Morgan fingerprint density at radius 2 is 1.92 bits per heavy atom. The molecule has 0 fully saturated rings. The van der Waals surface area contributed by atoms with Gasteiger partial charge in [-0.15, -0.1) is 11.3 Å². The van der Waals surface area contributed by atoms with Gasteiger partial charge in [0.15, 0.2) is 0 Å². The monoisotopic (exact) mass is 422 g/mol. The zero-order valence-corrected chi connectivity index (χ0v) is 16.4. The fourth-order valence-corrected chi connectivity index (χ4v) is 3.97. The van der Waals surface area contributed by atoms with Crippen LogP contribution in [0.25, 0.3) is 6.08 Å². The summed E-state index contributed by atoms with van der Waals surface area (Å²) in [6.07, 6.45) is 1.85. The predicted octanol–water partition coefficient (Wildman–Crippen LogP) is 5.65. The van der Waals surface area contributed by atoms with E-state index < -0.39 is 0 Å². The standard InChI is InChI=1S/C21H15BrN2OS/c1-14-6-4-7-15(12-14)24-20(17-9-2-3-10-18(17)22)23-19(21(24)25)13-16-8-5-11-26-16/h2-13H,1H3/b19-13+. The van der Waals surface area contributed by atoms with Crippen LogP contribution < -0.4 is 4.90 Å². The molecule has 1 aliphatic heterocycles. The summed E-state index contributed by atoms with van der Waals surface area (Å²) in [5, 5.41) is 1.99. The molecule has 0 spiro atoms. The number of amides is 1. The Labute approximate surface area is 164 Å². The number of aryl methyl sites for hydroxylation is 1. The average Bonchev–Trinajstić information content (AvgIpc) is 3.24. The number of halogens is 1. The minimum Gasteiger partial charge on any atom is -0.266 e. The SMILES string of the molecule is Cc1cccc(N2C(=O)/C(=C\c3cccs3)N=C2c2ccccc2Br)c1. The zero-order valence-electron chi connectivity index (χ0n) is 14.0. The van der Waals surface area contributed by atoms with Crippen LogP contribution in [0.15, 0.2) is 81.2 Å². The van der Waals surface area contributed by atoms with Gasteiger partial charge in [0.25, 0.3) is 5.91 Å². The molecule has 5 heteroatoms. The molecule has 3 aromatic rings. The van der Waals surface area contributed by atoms with E-state index in [1.54, 1.807) is 16.2 Å². The molecule has 0 saturated carbocycles. The summed E-state index contributed by atoms with van der Waals surface area (Å²) >= 11 is 5.17. The predicted molar refractivity (Wildman–Crippen MR) is 112 cm³/mol. The first-order valence-corrected chi connectivity index (χ1v) is 9.81. The first-order valence-electron chi connectivity index (χ1n) is 8.13. The molecule has 0 saturated heterocycles. The van der Waals surface area contributed by atoms with Crippen molar-refractivity contribution in [2.24, 2.45) is 4.99 Å². The van der Waals surface area contributed by atoms with Gasteiger partial charge in [-0.25, -0.2) is 4.99 Å². The number of carbonyl (C=O) groups excluding carboxylic acids is 1. The summed E-state index contributed by atoms with van der Waals surface area (Å²) in [5.74, 6) is 0.519. The Morgan fingerprint density at radius 3 is 2.65 bits per heavy atom. The molecule has 128 valence electrons. The van der Waals surface area contributed by atoms with Crippen LogP contribution in [0.3, 0.4) is 0 Å². The number of hydrogen-bond acceptors (Lipinski definition) is 3. The Hall–Kier alpha value is -2.50. The van der Waals surface area contributed by atoms with Crippen LogP contribution in [-0.4, -0.2) is 11.7 Å². The maximum absolute atomic E-state index is 13.2. The number of anilines is 1. The van der Waals surface area contributed by atoms with Gasteiger partial charge in [0.2, 0.25) is 0 Å². The minimum atomic E-state index is -0.116. The highest BCUT2D eigenvalue weighted by molar-refractivity contribution is 9.10. The first kappa shape index (κ1) is 16.9. The van der Waals surface area contributed by atoms with Crippen LogP contribution >= 0.6 is 27.3 Å². The Balaban J connectivity index is 1.87. The van der Waals surface area contributed by atoms with Gasteiger partial charge < -0.3 is 0 Å². The number of rotatable bonds is 3. The zero-order chi connectivity index (χ0) is 18.1. The highest BCUT2D eigenvalue weighted by atomic mass is 79.9. The lowest BCUT2D eigenvalue weighted by molar-refractivity contribution is -0.113. The molecular formula is C21H15BrN2OS. The van der Waals surface area contributed by atoms with E-state index in [1.165, 1.54) is 0 Å². The Kier molecular flexibility index (Phi) is 4.57. The number of thiophene rings is 1. The molecule has 26 heavy (non-hydrogen) atoms. The van der Waals surface area contributed by atoms with Crippen LogP contribution in [0.2, 0.25) is 0 Å². The van der Waals surface area contributed by atoms with E-state index >= 15 is 0 Å². The third-order valence-corrected chi connectivity index (χ3v) is 5.57. The van der Waals surface area contributed by atoms with E-state index in [0.717, 1.165) is 26.2 Å². The summed E-state index contributed by atoms with van der Waals surface area (Å²) in [7, 11) is 0. The number of amidine groups is 1. The van der Waals surface area contributed by atoms with Gasteiger partial charge in [0, 0.05) is 14.9 Å². The topological polar surface area (TPSA) is 32.7 Å². The second kappa shape index (κ2) is 7.02. The largest absolute Gasteiger partial charge is 0.282 e. The second-order valence-corrected chi connectivity index (χ2v) is 7.77. The molecular weight excluding hydrogens is 408 g/mol. The van der Waals surface area contributed by atoms with Crippen LogP contribution in [0.5, 0.6) is 0 Å². The van der Waals surface area contributed by atoms with Crippen molar-refractivity contribution in [2.75, 3.05) is 4.90 Å². The fraction of sp³-hybridized carbons (Fsp3) is 0.0476. The molecule has 0 bridgehead atoms. The normalized spacial score (nSPS) is 15.6. The van der Waals surface area contributed by atoms with Gasteiger partial charge in [-0.2, -0.15) is 0 Å². The molecule has 0 radical (unpaired) electrons. The number of hydrogen-bond donors (Lipinski definition) is 0. The van der Waals surface area contributed by atoms with Gasteiger partial charge in [-0.05, 0) is 48.2 Å². The van der Waals surface area contributed by atoms with Gasteiger partial charge >= 0.3 is 0 Å². The molecule has 0 aliphatic carbocycles. The van der Waals surface area contributed by atoms with Crippen molar-refractivity contribution >= 4 is 50.8 Å². The van der Waals surface area contributed by atoms with Crippen LogP contribution in [0.4, 0.5) is 5.69 Å². The van der Waals surface area contributed by atoms with Gasteiger partial charge in [0.1, 0.15) is 11.5 Å². The molecule has 0 unspecified atom stereocenters. The number of benzene rings is 2. The maximum Gasteiger partial charge on any atom is 0.282 e. The summed E-state index contributed by atoms with van der Waals surface area (Å²) in [4.78, 5) is 20.6. The maximum atomic E-state index is 13.2. The van der Waals surface area contributed by atoms with Gasteiger partial charge in [-0.3, -0.25) is 9.69 Å². The Morgan fingerprint density at radius 1 is 1.08 bits per heavy atom. The second-order valence-electron chi connectivity index (χ2n) is 5.94. The highest BCUT2D eigenvalue weighted by Gasteiger charge is 2.33. The third kappa shape index (κ3) is 3.16. The highest BCUT2D eigenvalue weighted by Crippen LogP contribution is 2.31. The van der Waals surface area contributed by atoms with E-state index in [2.05, 4.69) is 15.9 Å². The lowest BCUT2D eigenvalue weighted by atomic mass is 10.1. The van der Waals surface area contributed by atoms with Crippen molar-refractivity contribution in [3.8, 4) is 0 Å². The third-order valence-electron chi connectivity index (χ3n) is 4.06.